The molecule has 0 bridgehead atoms. The standard InChI is InChI=1S/C18H19F3N4O2/c1-24-7-9-25(10-8-24)16-12-13(18(19,20)21)11-15(22-16)23-17(26)27-14-5-3-2-4-6-14/h2-6,11-12H,7-10H2,1H3,(H,22,23,26). The fourth-order valence-corrected chi connectivity index (χ4v) is 2.67. The van der Waals surface area contributed by atoms with E-state index in [0.29, 0.717) is 13.1 Å². The van der Waals surface area contributed by atoms with Crippen molar-refractivity contribution in [3.63, 3.8) is 0 Å². The maximum absolute atomic E-state index is 13.3. The molecule has 27 heavy (non-hydrogen) atoms. The second-order valence-corrected chi connectivity index (χ2v) is 6.21. The minimum absolute atomic E-state index is 0.174. The molecule has 6 nitrogen and oxygen atoms in total. The molecule has 144 valence electrons. The van der Waals surface area contributed by atoms with Gasteiger partial charge in [0, 0.05) is 26.2 Å². The molecule has 2 aromatic rings. The highest BCUT2D eigenvalue weighted by Crippen LogP contribution is 2.33. The molecule has 0 radical (unpaired) electrons. The molecule has 0 aliphatic carbocycles. The number of benzene rings is 1. The summed E-state index contributed by atoms with van der Waals surface area (Å²) in [6.45, 7) is 2.55. The van der Waals surface area contributed by atoms with E-state index in [1.54, 1.807) is 35.2 Å². The fourth-order valence-electron chi connectivity index (χ4n) is 2.67. The van der Waals surface area contributed by atoms with Crippen LogP contribution in [0.1, 0.15) is 5.56 Å². The second kappa shape index (κ2) is 7.83. The van der Waals surface area contributed by atoms with Gasteiger partial charge in [-0.15, -0.1) is 0 Å². The quantitative estimate of drug-likeness (QED) is 0.884. The number of carbonyl (C=O) groups is 1. The van der Waals surface area contributed by atoms with Crippen molar-refractivity contribution in [3.8, 4) is 5.75 Å². The van der Waals surface area contributed by atoms with E-state index in [9.17, 15) is 18.0 Å². The van der Waals surface area contributed by atoms with Gasteiger partial charge in [-0.25, -0.2) is 9.78 Å². The third-order valence-corrected chi connectivity index (χ3v) is 4.15. The van der Waals surface area contributed by atoms with Gasteiger partial charge in [0.1, 0.15) is 17.4 Å². The number of nitrogens with one attached hydrogen (secondary N) is 1. The van der Waals surface area contributed by atoms with E-state index in [0.717, 1.165) is 25.2 Å². The smallest absolute Gasteiger partial charge is 0.410 e. The first-order valence-electron chi connectivity index (χ1n) is 8.38. The number of rotatable bonds is 3. The monoisotopic (exact) mass is 380 g/mol. The topological polar surface area (TPSA) is 57.7 Å². The Kier molecular flexibility index (Phi) is 5.50. The zero-order valence-electron chi connectivity index (χ0n) is 14.7. The Morgan fingerprint density at radius 2 is 1.78 bits per heavy atom. The number of likely N-dealkylation sites (N-methyl/N-ethyl adjacent to an activating group) is 1. The lowest BCUT2D eigenvalue weighted by atomic mass is 10.2. The summed E-state index contributed by atoms with van der Waals surface area (Å²) < 4.78 is 44.8. The van der Waals surface area contributed by atoms with Crippen LogP contribution in [0.3, 0.4) is 0 Å². The molecule has 1 aliphatic heterocycles. The SMILES string of the molecule is CN1CCN(c2cc(C(F)(F)F)cc(NC(=O)Oc3ccccc3)n2)CC1. The first-order valence-corrected chi connectivity index (χ1v) is 8.38. The van der Waals surface area contributed by atoms with Crippen molar-refractivity contribution >= 4 is 17.7 Å². The third kappa shape index (κ3) is 5.10. The number of anilines is 2. The fraction of sp³-hybridized carbons (Fsp3) is 0.333. The molecule has 2 heterocycles. The number of halogens is 3. The maximum atomic E-state index is 13.3. The van der Waals surface area contributed by atoms with Gasteiger partial charge in [0.15, 0.2) is 0 Å². The lowest BCUT2D eigenvalue weighted by Gasteiger charge is -2.33. The number of piperazine rings is 1. The Hall–Kier alpha value is -2.81. The number of para-hydroxylation sites is 1. The van der Waals surface area contributed by atoms with Crippen molar-refractivity contribution in [2.45, 2.75) is 6.18 Å². The largest absolute Gasteiger partial charge is 0.418 e. The van der Waals surface area contributed by atoms with E-state index in [1.807, 2.05) is 7.05 Å². The molecule has 1 aliphatic rings. The van der Waals surface area contributed by atoms with Crippen LogP contribution < -0.4 is 15.0 Å². The summed E-state index contributed by atoms with van der Waals surface area (Å²) in [5, 5.41) is 2.28. The highest BCUT2D eigenvalue weighted by atomic mass is 19.4. The van der Waals surface area contributed by atoms with Crippen LogP contribution in [0.15, 0.2) is 42.5 Å². The first-order chi connectivity index (χ1) is 12.8. The zero-order valence-corrected chi connectivity index (χ0v) is 14.7. The van der Waals surface area contributed by atoms with Crippen LogP contribution in [0.4, 0.5) is 29.6 Å². The number of hydrogen-bond donors (Lipinski definition) is 1. The lowest BCUT2D eigenvalue weighted by Crippen LogP contribution is -2.45. The molecule has 1 aromatic carbocycles. The molecule has 0 atom stereocenters. The van der Waals surface area contributed by atoms with Crippen molar-refractivity contribution < 1.29 is 22.7 Å². The number of ether oxygens (including phenoxy) is 1. The van der Waals surface area contributed by atoms with Crippen molar-refractivity contribution in [2.24, 2.45) is 0 Å². The Morgan fingerprint density at radius 1 is 1.11 bits per heavy atom. The van der Waals surface area contributed by atoms with Gasteiger partial charge < -0.3 is 14.5 Å². The van der Waals surface area contributed by atoms with E-state index in [4.69, 9.17) is 4.74 Å². The minimum atomic E-state index is -4.55. The van der Waals surface area contributed by atoms with Gasteiger partial charge in [0.05, 0.1) is 5.56 Å². The molecule has 1 amide bonds. The predicted octanol–water partition coefficient (Wildman–Crippen LogP) is 3.46. The summed E-state index contributed by atoms with van der Waals surface area (Å²) >= 11 is 0. The molecule has 1 aromatic heterocycles. The molecule has 0 spiro atoms. The summed E-state index contributed by atoms with van der Waals surface area (Å²) in [4.78, 5) is 20.0. The number of carbonyl (C=O) groups excluding carboxylic acids is 1. The van der Waals surface area contributed by atoms with Gasteiger partial charge in [-0.05, 0) is 31.3 Å². The minimum Gasteiger partial charge on any atom is -0.410 e. The Balaban J connectivity index is 1.81. The number of hydrogen-bond acceptors (Lipinski definition) is 5. The normalized spacial score (nSPS) is 15.5. The van der Waals surface area contributed by atoms with E-state index >= 15 is 0 Å². The third-order valence-electron chi connectivity index (χ3n) is 4.15. The molecule has 1 N–H and O–H groups in total. The van der Waals surface area contributed by atoms with Gasteiger partial charge in [0.2, 0.25) is 0 Å². The number of amides is 1. The molecule has 1 fully saturated rings. The van der Waals surface area contributed by atoms with Crippen molar-refractivity contribution in [1.29, 1.82) is 0 Å². The van der Waals surface area contributed by atoms with E-state index < -0.39 is 17.8 Å². The van der Waals surface area contributed by atoms with Gasteiger partial charge in [-0.1, -0.05) is 18.2 Å². The van der Waals surface area contributed by atoms with Crippen molar-refractivity contribution in [2.75, 3.05) is 43.4 Å². The van der Waals surface area contributed by atoms with Crippen LogP contribution in [-0.2, 0) is 6.18 Å². The molecule has 9 heteroatoms. The van der Waals surface area contributed by atoms with Gasteiger partial charge in [0.25, 0.3) is 0 Å². The molecular formula is C18H19F3N4O2. The number of alkyl halides is 3. The number of pyridine rings is 1. The zero-order chi connectivity index (χ0) is 19.4. The van der Waals surface area contributed by atoms with Crippen LogP contribution in [0.2, 0.25) is 0 Å². The Morgan fingerprint density at radius 3 is 2.41 bits per heavy atom. The molecular weight excluding hydrogens is 361 g/mol. The van der Waals surface area contributed by atoms with Crippen LogP contribution in [0.25, 0.3) is 0 Å². The summed E-state index contributed by atoms with van der Waals surface area (Å²) in [7, 11) is 1.95. The highest BCUT2D eigenvalue weighted by molar-refractivity contribution is 5.85. The number of nitrogens with zero attached hydrogens (tertiary/aromatic N) is 3. The van der Waals surface area contributed by atoms with E-state index in [2.05, 4.69) is 15.2 Å². The van der Waals surface area contributed by atoms with Gasteiger partial charge in [-0.2, -0.15) is 13.2 Å². The van der Waals surface area contributed by atoms with E-state index in [-0.39, 0.29) is 17.4 Å². The van der Waals surface area contributed by atoms with Crippen LogP contribution in [-0.4, -0.2) is 49.2 Å². The first kappa shape index (κ1) is 19.0. The van der Waals surface area contributed by atoms with Gasteiger partial charge in [-0.3, -0.25) is 5.32 Å². The van der Waals surface area contributed by atoms with Crippen LogP contribution >= 0.6 is 0 Å². The molecule has 0 unspecified atom stereocenters. The Bertz CT molecular complexity index is 791. The van der Waals surface area contributed by atoms with Crippen LogP contribution in [0.5, 0.6) is 5.75 Å². The molecule has 1 saturated heterocycles. The molecule has 0 saturated carbocycles. The molecule has 3 rings (SSSR count). The van der Waals surface area contributed by atoms with Gasteiger partial charge >= 0.3 is 12.3 Å². The average molecular weight is 380 g/mol. The average Bonchev–Trinajstić information content (AvgIpc) is 2.62. The predicted molar refractivity (Wildman–Crippen MR) is 95.0 cm³/mol. The summed E-state index contributed by atoms with van der Waals surface area (Å²) in [6.07, 6.45) is -5.46. The summed E-state index contributed by atoms with van der Waals surface area (Å²) in [6, 6.07) is 10.0. The number of aromatic nitrogens is 1. The highest BCUT2D eigenvalue weighted by Gasteiger charge is 2.32. The van der Waals surface area contributed by atoms with Crippen molar-refractivity contribution in [3.05, 3.63) is 48.0 Å². The summed E-state index contributed by atoms with van der Waals surface area (Å²) in [5.41, 5.74) is -0.874. The van der Waals surface area contributed by atoms with Crippen molar-refractivity contribution in [1.82, 2.24) is 9.88 Å². The second-order valence-electron chi connectivity index (χ2n) is 6.21. The maximum Gasteiger partial charge on any atom is 0.418 e. The van der Waals surface area contributed by atoms with E-state index in [1.165, 1.54) is 0 Å². The Labute approximate surface area is 154 Å². The lowest BCUT2D eigenvalue weighted by molar-refractivity contribution is -0.137. The summed E-state index contributed by atoms with van der Waals surface area (Å²) in [5.74, 6) is 0.244. The van der Waals surface area contributed by atoms with Crippen LogP contribution in [0, 0.1) is 0 Å².